The van der Waals surface area contributed by atoms with Gasteiger partial charge in [-0.15, -0.1) is 0 Å². The molecule has 2 aliphatic rings. The van der Waals surface area contributed by atoms with E-state index in [4.69, 9.17) is 14.8 Å². The second-order valence-corrected chi connectivity index (χ2v) is 7.34. The molecule has 0 amide bonds. The molecule has 1 aromatic carbocycles. The number of aromatic nitrogens is 3. The number of nitrogens with zero attached hydrogens (tertiary/aromatic N) is 3. The second kappa shape index (κ2) is 7.56. The van der Waals surface area contributed by atoms with Crippen molar-refractivity contribution in [1.29, 1.82) is 0 Å². The molecule has 0 bridgehead atoms. The number of hydrogen-bond donors (Lipinski definition) is 1. The Morgan fingerprint density at radius 2 is 1.92 bits per heavy atom. The summed E-state index contributed by atoms with van der Waals surface area (Å²) in [5, 5.41) is 8.44. The molecular weight excluding hydrogens is 312 g/mol. The minimum Gasteiger partial charge on any atom is -0.497 e. The highest BCUT2D eigenvalue weighted by atomic mass is 16.5. The molecule has 4 rings (SSSR count). The number of nitrogens with one attached hydrogen (secondary N) is 1. The van der Waals surface area contributed by atoms with Gasteiger partial charge < -0.3 is 10.1 Å². The Bertz CT molecular complexity index is 682. The number of methoxy groups -OCH3 is 1. The standard InChI is InChI=1S/C20H28N4O/c1-25-18-9-7-15(8-10-18)13-19-22-20(16-11-12-21-14-16)24(23-19)17-5-3-2-4-6-17/h7-10,16-17,21H,2-6,11-14H2,1H3/t16-/m1/s1. The molecule has 2 heterocycles. The van der Waals surface area contributed by atoms with Gasteiger partial charge in [-0.2, -0.15) is 5.10 Å². The maximum Gasteiger partial charge on any atom is 0.155 e. The van der Waals surface area contributed by atoms with E-state index in [1.54, 1.807) is 7.11 Å². The van der Waals surface area contributed by atoms with Crippen molar-refractivity contribution >= 4 is 0 Å². The summed E-state index contributed by atoms with van der Waals surface area (Å²) < 4.78 is 7.53. The summed E-state index contributed by atoms with van der Waals surface area (Å²) >= 11 is 0. The van der Waals surface area contributed by atoms with Crippen molar-refractivity contribution < 1.29 is 4.74 Å². The Labute approximate surface area is 149 Å². The van der Waals surface area contributed by atoms with E-state index < -0.39 is 0 Å². The van der Waals surface area contributed by atoms with E-state index in [1.807, 2.05) is 12.1 Å². The van der Waals surface area contributed by atoms with Crippen molar-refractivity contribution in [2.24, 2.45) is 0 Å². The minimum atomic E-state index is 0.513. The predicted molar refractivity (Wildman–Crippen MR) is 98.2 cm³/mol. The summed E-state index contributed by atoms with van der Waals surface area (Å²) in [5.41, 5.74) is 1.23. The van der Waals surface area contributed by atoms with Crippen LogP contribution in [0.3, 0.4) is 0 Å². The lowest BCUT2D eigenvalue weighted by Gasteiger charge is -2.24. The molecule has 1 aliphatic heterocycles. The second-order valence-electron chi connectivity index (χ2n) is 7.34. The number of hydrogen-bond acceptors (Lipinski definition) is 4. The van der Waals surface area contributed by atoms with Gasteiger partial charge in [0, 0.05) is 18.9 Å². The number of rotatable bonds is 5. The Morgan fingerprint density at radius 3 is 2.60 bits per heavy atom. The maximum absolute atomic E-state index is 5.25. The fourth-order valence-corrected chi connectivity index (χ4v) is 4.13. The van der Waals surface area contributed by atoms with Crippen molar-refractivity contribution in [3.63, 3.8) is 0 Å². The summed E-state index contributed by atoms with van der Waals surface area (Å²) in [6.07, 6.45) is 8.47. The molecule has 0 spiro atoms. The van der Waals surface area contributed by atoms with E-state index in [1.165, 1.54) is 49.9 Å². The third-order valence-corrected chi connectivity index (χ3v) is 5.57. The SMILES string of the molecule is COc1ccc(Cc2nc([C@@H]3CCNC3)n(C3CCCCC3)n2)cc1. The van der Waals surface area contributed by atoms with Crippen LogP contribution in [0.2, 0.25) is 0 Å². The predicted octanol–water partition coefficient (Wildman–Crippen LogP) is 3.46. The lowest BCUT2D eigenvalue weighted by atomic mass is 9.95. The van der Waals surface area contributed by atoms with Gasteiger partial charge in [0.15, 0.2) is 5.82 Å². The summed E-state index contributed by atoms with van der Waals surface area (Å²) in [6, 6.07) is 8.78. The zero-order valence-corrected chi connectivity index (χ0v) is 15.1. The summed E-state index contributed by atoms with van der Waals surface area (Å²) in [7, 11) is 1.70. The highest BCUT2D eigenvalue weighted by molar-refractivity contribution is 5.29. The van der Waals surface area contributed by atoms with Crippen LogP contribution in [0.15, 0.2) is 24.3 Å². The van der Waals surface area contributed by atoms with Crippen LogP contribution in [0.4, 0.5) is 0 Å². The maximum atomic E-state index is 5.25. The summed E-state index contributed by atoms with van der Waals surface area (Å²) in [5.74, 6) is 3.57. The Morgan fingerprint density at radius 1 is 1.12 bits per heavy atom. The Hall–Kier alpha value is -1.88. The van der Waals surface area contributed by atoms with Crippen molar-refractivity contribution in [3.05, 3.63) is 41.5 Å². The van der Waals surface area contributed by atoms with Gasteiger partial charge in [0.05, 0.1) is 13.2 Å². The molecule has 1 atom stereocenters. The van der Waals surface area contributed by atoms with Crippen molar-refractivity contribution in [1.82, 2.24) is 20.1 Å². The van der Waals surface area contributed by atoms with Crippen LogP contribution in [0.25, 0.3) is 0 Å². The molecule has 134 valence electrons. The van der Waals surface area contributed by atoms with E-state index >= 15 is 0 Å². The smallest absolute Gasteiger partial charge is 0.155 e. The monoisotopic (exact) mass is 340 g/mol. The molecule has 2 fully saturated rings. The number of benzene rings is 1. The average molecular weight is 340 g/mol. The topological polar surface area (TPSA) is 52.0 Å². The van der Waals surface area contributed by atoms with E-state index in [0.717, 1.165) is 31.1 Å². The van der Waals surface area contributed by atoms with Gasteiger partial charge in [-0.1, -0.05) is 31.4 Å². The van der Waals surface area contributed by atoms with Crippen LogP contribution < -0.4 is 10.1 Å². The molecule has 1 aliphatic carbocycles. The first kappa shape index (κ1) is 16.6. The van der Waals surface area contributed by atoms with Crippen LogP contribution in [-0.4, -0.2) is 35.0 Å². The fraction of sp³-hybridized carbons (Fsp3) is 0.600. The highest BCUT2D eigenvalue weighted by Crippen LogP contribution is 2.32. The molecule has 1 N–H and O–H groups in total. The molecule has 5 nitrogen and oxygen atoms in total. The largest absolute Gasteiger partial charge is 0.497 e. The van der Waals surface area contributed by atoms with Crippen LogP contribution in [0.1, 0.15) is 67.7 Å². The molecule has 1 aromatic heterocycles. The first-order chi connectivity index (χ1) is 12.3. The van der Waals surface area contributed by atoms with E-state index in [2.05, 4.69) is 22.1 Å². The van der Waals surface area contributed by atoms with Crippen molar-refractivity contribution in [2.75, 3.05) is 20.2 Å². The Kier molecular flexibility index (Phi) is 5.02. The molecule has 1 saturated carbocycles. The minimum absolute atomic E-state index is 0.513. The zero-order chi connectivity index (χ0) is 17.1. The first-order valence-electron chi connectivity index (χ1n) is 9.62. The van der Waals surface area contributed by atoms with Gasteiger partial charge in [0.1, 0.15) is 11.6 Å². The lowest BCUT2D eigenvalue weighted by Crippen LogP contribution is -2.20. The highest BCUT2D eigenvalue weighted by Gasteiger charge is 2.27. The molecule has 25 heavy (non-hydrogen) atoms. The molecular formula is C20H28N4O. The fourth-order valence-electron chi connectivity index (χ4n) is 4.13. The lowest BCUT2D eigenvalue weighted by molar-refractivity contribution is 0.315. The van der Waals surface area contributed by atoms with E-state index in [0.29, 0.717) is 12.0 Å². The van der Waals surface area contributed by atoms with Crippen molar-refractivity contribution in [2.45, 2.75) is 56.9 Å². The molecule has 2 aromatic rings. The quantitative estimate of drug-likeness (QED) is 0.906. The van der Waals surface area contributed by atoms with Gasteiger partial charge in [-0.3, -0.25) is 0 Å². The normalized spacial score (nSPS) is 21.6. The van der Waals surface area contributed by atoms with Crippen LogP contribution in [0, 0.1) is 0 Å². The first-order valence-corrected chi connectivity index (χ1v) is 9.62. The third kappa shape index (κ3) is 3.71. The average Bonchev–Trinajstić information content (AvgIpc) is 3.33. The molecule has 0 unspecified atom stereocenters. The van der Waals surface area contributed by atoms with Gasteiger partial charge in [0.25, 0.3) is 0 Å². The van der Waals surface area contributed by atoms with Gasteiger partial charge in [0.2, 0.25) is 0 Å². The van der Waals surface area contributed by atoms with Crippen LogP contribution >= 0.6 is 0 Å². The Balaban J connectivity index is 1.58. The van der Waals surface area contributed by atoms with Gasteiger partial charge in [-0.25, -0.2) is 9.67 Å². The third-order valence-electron chi connectivity index (χ3n) is 5.57. The molecule has 1 saturated heterocycles. The zero-order valence-electron chi connectivity index (χ0n) is 15.1. The summed E-state index contributed by atoms with van der Waals surface area (Å²) in [4.78, 5) is 4.99. The van der Waals surface area contributed by atoms with E-state index in [9.17, 15) is 0 Å². The molecule has 5 heteroatoms. The van der Waals surface area contributed by atoms with Crippen molar-refractivity contribution in [3.8, 4) is 5.75 Å². The molecule has 0 radical (unpaired) electrons. The van der Waals surface area contributed by atoms with Crippen LogP contribution in [-0.2, 0) is 6.42 Å². The van der Waals surface area contributed by atoms with Gasteiger partial charge >= 0.3 is 0 Å². The number of ether oxygens (including phenoxy) is 1. The van der Waals surface area contributed by atoms with Gasteiger partial charge in [-0.05, 0) is 43.5 Å². The summed E-state index contributed by atoms with van der Waals surface area (Å²) in [6.45, 7) is 2.13. The van der Waals surface area contributed by atoms with E-state index in [-0.39, 0.29) is 0 Å². The van der Waals surface area contributed by atoms with Crippen LogP contribution in [0.5, 0.6) is 5.75 Å².